The first kappa shape index (κ1) is 25.1. The minimum Gasteiger partial charge on any atom is -0.459 e. The molecule has 3 rings (SSSR count). The van der Waals surface area contributed by atoms with Crippen molar-refractivity contribution >= 4 is 14.3 Å². The van der Waals surface area contributed by atoms with E-state index >= 15 is 0 Å². The van der Waals surface area contributed by atoms with Crippen LogP contribution in [0.4, 0.5) is 0 Å². The van der Waals surface area contributed by atoms with Gasteiger partial charge in [0.05, 0.1) is 18.3 Å². The highest BCUT2D eigenvalue weighted by Crippen LogP contribution is 2.44. The van der Waals surface area contributed by atoms with Gasteiger partial charge in [-0.15, -0.1) is 0 Å². The molecule has 1 aromatic heterocycles. The van der Waals surface area contributed by atoms with Crippen molar-refractivity contribution in [2.24, 2.45) is 0 Å². The van der Waals surface area contributed by atoms with Gasteiger partial charge in [-0.2, -0.15) is 0 Å². The summed E-state index contributed by atoms with van der Waals surface area (Å²) in [5.41, 5.74) is -2.15. The lowest BCUT2D eigenvalue weighted by Gasteiger charge is -2.42. The summed E-state index contributed by atoms with van der Waals surface area (Å²) in [6, 6.07) is 9.74. The number of carbonyl (C=O) groups excluding carboxylic acids is 1. The van der Waals surface area contributed by atoms with Gasteiger partial charge in [0, 0.05) is 18.7 Å². The third-order valence-corrected chi connectivity index (χ3v) is 11.0. The average molecular weight is 477 g/mol. The summed E-state index contributed by atoms with van der Waals surface area (Å²) in [4.78, 5) is 38.6. The number of carbonyl (C=O) groups is 1. The molecule has 0 saturated carbocycles. The number of aliphatic hydroxyl groups is 1. The number of H-pyrrole nitrogens is 1. The van der Waals surface area contributed by atoms with Crippen molar-refractivity contribution < 1.29 is 23.8 Å². The Bertz CT molecular complexity index is 1090. The van der Waals surface area contributed by atoms with Gasteiger partial charge in [-0.05, 0) is 30.3 Å². The summed E-state index contributed by atoms with van der Waals surface area (Å²) < 4.78 is 19.6. The van der Waals surface area contributed by atoms with E-state index in [1.807, 2.05) is 0 Å². The van der Waals surface area contributed by atoms with Crippen LogP contribution in [0.5, 0.6) is 0 Å². The van der Waals surface area contributed by atoms with Crippen molar-refractivity contribution in [2.75, 3.05) is 13.2 Å². The van der Waals surface area contributed by atoms with Gasteiger partial charge in [-0.25, -0.2) is 9.59 Å². The lowest BCUT2D eigenvalue weighted by Crippen LogP contribution is -2.54. The molecule has 1 saturated heterocycles. The monoisotopic (exact) mass is 476 g/mol. The first-order chi connectivity index (χ1) is 15.4. The Kier molecular flexibility index (Phi) is 7.13. The molecule has 33 heavy (non-hydrogen) atoms. The second-order valence-corrected chi connectivity index (χ2v) is 14.6. The second kappa shape index (κ2) is 9.38. The minimum absolute atomic E-state index is 0.123. The summed E-state index contributed by atoms with van der Waals surface area (Å²) in [7, 11) is -2.33. The largest absolute Gasteiger partial charge is 0.459 e. The lowest BCUT2D eigenvalue weighted by atomic mass is 9.99. The Labute approximate surface area is 193 Å². The summed E-state index contributed by atoms with van der Waals surface area (Å²) in [5, 5.41) is 10.3. The van der Waals surface area contributed by atoms with Crippen molar-refractivity contribution in [1.82, 2.24) is 9.55 Å². The highest BCUT2D eigenvalue weighted by atomic mass is 28.4. The smallest absolute Gasteiger partial charge is 0.338 e. The zero-order chi connectivity index (χ0) is 24.4. The van der Waals surface area contributed by atoms with Gasteiger partial charge in [0.15, 0.2) is 13.9 Å². The highest BCUT2D eigenvalue weighted by Gasteiger charge is 2.54. The van der Waals surface area contributed by atoms with Crippen LogP contribution in [0.15, 0.2) is 52.2 Å². The van der Waals surface area contributed by atoms with Crippen molar-refractivity contribution in [1.29, 1.82) is 0 Å². The predicted octanol–water partition coefficient (Wildman–Crippen LogP) is 2.43. The Morgan fingerprint density at radius 2 is 1.91 bits per heavy atom. The van der Waals surface area contributed by atoms with Crippen molar-refractivity contribution in [2.45, 2.75) is 63.3 Å². The molecule has 10 heteroatoms. The minimum atomic E-state index is -2.33. The standard InChI is InChI=1S/C23H32N2O7Si/c1-22(2,3)33(4,5)32-17-13-19(25-12-11-18(27)24-21(25)29)31-23(17,14-26)15-30-20(28)16-9-7-6-8-10-16/h6-12,17,19,26H,13-15H2,1-5H3,(H,24,27,29)/t17-,19+,23+/m0/s1. The van der Waals surface area contributed by atoms with E-state index in [-0.39, 0.29) is 18.1 Å². The maximum atomic E-state index is 12.6. The van der Waals surface area contributed by atoms with Crippen LogP contribution in [-0.4, -0.2) is 53.9 Å². The van der Waals surface area contributed by atoms with E-state index in [1.165, 1.54) is 16.8 Å². The number of aliphatic hydroxyl groups excluding tert-OH is 1. The van der Waals surface area contributed by atoms with Gasteiger partial charge in [0.25, 0.3) is 5.56 Å². The third-order valence-electron chi connectivity index (χ3n) is 6.50. The Morgan fingerprint density at radius 3 is 2.48 bits per heavy atom. The molecule has 1 aliphatic heterocycles. The van der Waals surface area contributed by atoms with Gasteiger partial charge in [0.1, 0.15) is 12.8 Å². The van der Waals surface area contributed by atoms with Crippen molar-refractivity contribution in [3.05, 3.63) is 69.0 Å². The maximum absolute atomic E-state index is 12.6. The van der Waals surface area contributed by atoms with Gasteiger partial charge < -0.3 is 19.0 Å². The van der Waals surface area contributed by atoms with Crippen LogP contribution in [0.3, 0.4) is 0 Å². The summed E-state index contributed by atoms with van der Waals surface area (Å²) in [6.45, 7) is 9.68. The van der Waals surface area contributed by atoms with E-state index in [2.05, 4.69) is 38.8 Å². The SMILES string of the molecule is CC(C)(C)[Si](C)(C)O[C@H]1C[C@H](n2ccc(=O)[nH]c2=O)O[C@]1(CO)COC(=O)c1ccccc1. The molecule has 2 aromatic rings. The molecule has 2 N–H and O–H groups in total. The number of aromatic amines is 1. The number of esters is 1. The number of nitrogens with zero attached hydrogens (tertiary/aromatic N) is 1. The van der Waals surface area contributed by atoms with E-state index in [4.69, 9.17) is 13.9 Å². The molecule has 2 heterocycles. The summed E-state index contributed by atoms with van der Waals surface area (Å²) in [6.07, 6.45) is 0.128. The van der Waals surface area contributed by atoms with Gasteiger partial charge in [-0.1, -0.05) is 39.0 Å². The summed E-state index contributed by atoms with van der Waals surface area (Å²) >= 11 is 0. The molecular formula is C23H32N2O7Si. The average Bonchev–Trinajstić information content (AvgIpc) is 3.09. The van der Waals surface area contributed by atoms with Crippen LogP contribution >= 0.6 is 0 Å². The number of rotatable bonds is 7. The molecule has 180 valence electrons. The van der Waals surface area contributed by atoms with Crippen LogP contribution in [-0.2, 0) is 13.9 Å². The zero-order valence-corrected chi connectivity index (χ0v) is 20.7. The van der Waals surface area contributed by atoms with Crippen LogP contribution in [0.2, 0.25) is 18.1 Å². The molecule has 0 radical (unpaired) electrons. The Balaban J connectivity index is 1.92. The Morgan fingerprint density at radius 1 is 1.24 bits per heavy atom. The number of ether oxygens (including phenoxy) is 2. The second-order valence-electron chi connectivity index (χ2n) is 9.86. The van der Waals surface area contributed by atoms with Crippen LogP contribution < -0.4 is 11.2 Å². The topological polar surface area (TPSA) is 120 Å². The van der Waals surface area contributed by atoms with Gasteiger partial charge >= 0.3 is 11.7 Å². The van der Waals surface area contributed by atoms with Crippen molar-refractivity contribution in [3.63, 3.8) is 0 Å². The number of aromatic nitrogens is 2. The number of benzene rings is 1. The molecule has 0 spiro atoms. The van der Waals surface area contributed by atoms with E-state index in [0.717, 1.165) is 0 Å². The molecular weight excluding hydrogens is 444 g/mol. The first-order valence-corrected chi connectivity index (χ1v) is 13.8. The van der Waals surface area contributed by atoms with Crippen LogP contribution in [0.25, 0.3) is 0 Å². The fraction of sp³-hybridized carbons (Fsp3) is 0.522. The third kappa shape index (κ3) is 5.35. The molecule has 0 unspecified atom stereocenters. The fourth-order valence-electron chi connectivity index (χ4n) is 3.46. The quantitative estimate of drug-likeness (QED) is 0.465. The molecule has 1 aromatic carbocycles. The van der Waals surface area contributed by atoms with Crippen LogP contribution in [0.1, 0.15) is 43.8 Å². The van der Waals surface area contributed by atoms with Crippen molar-refractivity contribution in [3.8, 4) is 0 Å². The lowest BCUT2D eigenvalue weighted by molar-refractivity contribution is -0.149. The van der Waals surface area contributed by atoms with E-state index in [9.17, 15) is 19.5 Å². The molecule has 0 aliphatic carbocycles. The number of hydrogen-bond acceptors (Lipinski definition) is 7. The van der Waals surface area contributed by atoms with Gasteiger partial charge in [-0.3, -0.25) is 14.3 Å². The van der Waals surface area contributed by atoms with E-state index < -0.39 is 50.1 Å². The normalized spacial score (nSPS) is 23.5. The zero-order valence-electron chi connectivity index (χ0n) is 19.7. The molecule has 3 atom stereocenters. The first-order valence-electron chi connectivity index (χ1n) is 10.9. The number of nitrogens with one attached hydrogen (secondary N) is 1. The van der Waals surface area contributed by atoms with Crippen LogP contribution in [0, 0.1) is 0 Å². The van der Waals surface area contributed by atoms with Gasteiger partial charge in [0.2, 0.25) is 0 Å². The highest BCUT2D eigenvalue weighted by molar-refractivity contribution is 6.74. The van der Waals surface area contributed by atoms with E-state index in [0.29, 0.717) is 5.56 Å². The molecule has 1 aliphatic rings. The predicted molar refractivity (Wildman–Crippen MR) is 125 cm³/mol. The number of hydrogen-bond donors (Lipinski definition) is 2. The Hall–Kier alpha value is -2.53. The fourth-order valence-corrected chi connectivity index (χ4v) is 4.84. The summed E-state index contributed by atoms with van der Waals surface area (Å²) in [5.74, 6) is -0.553. The molecule has 1 fully saturated rings. The maximum Gasteiger partial charge on any atom is 0.338 e. The van der Waals surface area contributed by atoms with E-state index in [1.54, 1.807) is 30.3 Å². The molecule has 0 bridgehead atoms. The molecule has 9 nitrogen and oxygen atoms in total. The molecule has 0 amide bonds.